The van der Waals surface area contributed by atoms with Gasteiger partial charge in [-0.25, -0.2) is 0 Å². The number of anilines is 1. The Morgan fingerprint density at radius 2 is 1.91 bits per heavy atom. The molecule has 35 heavy (non-hydrogen) atoms. The Morgan fingerprint density at radius 1 is 1.14 bits per heavy atom. The predicted octanol–water partition coefficient (Wildman–Crippen LogP) is 3.44. The normalized spacial score (nSPS) is 17.1. The van der Waals surface area contributed by atoms with Crippen LogP contribution in [-0.4, -0.2) is 54.3 Å². The summed E-state index contributed by atoms with van der Waals surface area (Å²) in [7, 11) is 0. The van der Waals surface area contributed by atoms with E-state index in [-0.39, 0.29) is 30.7 Å². The van der Waals surface area contributed by atoms with Gasteiger partial charge in [-0.15, -0.1) is 0 Å². The van der Waals surface area contributed by atoms with E-state index in [9.17, 15) is 19.2 Å². The van der Waals surface area contributed by atoms with E-state index in [0.717, 1.165) is 38.5 Å². The molecular weight excluding hydrogens is 452 g/mol. The molecule has 0 saturated carbocycles. The Labute approximate surface area is 204 Å². The number of hydrogen-bond acceptors (Lipinski definition) is 6. The molecule has 1 fully saturated rings. The van der Waals surface area contributed by atoms with Crippen molar-refractivity contribution in [3.63, 3.8) is 0 Å². The molecule has 0 aromatic heterocycles. The highest BCUT2D eigenvalue weighted by atomic mass is 16.5. The van der Waals surface area contributed by atoms with Gasteiger partial charge in [0.15, 0.2) is 0 Å². The molecule has 2 aliphatic rings. The van der Waals surface area contributed by atoms with E-state index in [1.807, 2.05) is 0 Å². The van der Waals surface area contributed by atoms with E-state index in [1.54, 1.807) is 18.2 Å². The molecule has 0 spiro atoms. The Hall–Kier alpha value is -3.43. The summed E-state index contributed by atoms with van der Waals surface area (Å²) >= 11 is 0. The number of azide groups is 1. The second-order valence-corrected chi connectivity index (χ2v) is 8.72. The minimum absolute atomic E-state index is 0.0984. The maximum absolute atomic E-state index is 12.9. The topological polar surface area (TPSA) is 154 Å². The molecule has 2 N–H and O–H groups in total. The third-order valence-corrected chi connectivity index (χ3v) is 6.20. The van der Waals surface area contributed by atoms with Crippen LogP contribution in [0.25, 0.3) is 10.4 Å². The quantitative estimate of drug-likeness (QED) is 0.136. The number of imide groups is 1. The number of amides is 4. The summed E-state index contributed by atoms with van der Waals surface area (Å²) in [6, 6.07) is 4.51. The van der Waals surface area contributed by atoms with Crippen LogP contribution in [0.5, 0.6) is 0 Å². The van der Waals surface area contributed by atoms with Gasteiger partial charge in [0, 0.05) is 54.3 Å². The maximum Gasteiger partial charge on any atom is 0.255 e. The van der Waals surface area contributed by atoms with Crippen LogP contribution in [0.3, 0.4) is 0 Å². The van der Waals surface area contributed by atoms with Crippen LogP contribution in [0.4, 0.5) is 5.69 Å². The van der Waals surface area contributed by atoms with Crippen molar-refractivity contribution in [2.45, 2.75) is 70.4 Å². The second kappa shape index (κ2) is 13.5. The average Bonchev–Trinajstić information content (AvgIpc) is 3.17. The van der Waals surface area contributed by atoms with Gasteiger partial charge in [-0.1, -0.05) is 36.9 Å². The lowest BCUT2D eigenvalue weighted by Crippen LogP contribution is -2.52. The average molecular weight is 485 g/mol. The summed E-state index contributed by atoms with van der Waals surface area (Å²) in [5.74, 6) is -1.13. The van der Waals surface area contributed by atoms with Gasteiger partial charge >= 0.3 is 0 Å². The van der Waals surface area contributed by atoms with E-state index < -0.39 is 11.9 Å². The van der Waals surface area contributed by atoms with Gasteiger partial charge < -0.3 is 15.0 Å². The highest BCUT2D eigenvalue weighted by molar-refractivity contribution is 6.06. The standard InChI is InChI=1S/C24H32N6O5/c25-29-26-13-15-35-14-6-4-2-1-3-5-10-21(31)27-19-9-7-8-17-18(19)16-30(24(17)34)20-11-12-22(32)28-23(20)33/h7-9,20H,1-6,10-16H2,(H,27,31)(H,28,32,33). The van der Waals surface area contributed by atoms with Gasteiger partial charge in [0.25, 0.3) is 5.91 Å². The fraction of sp³-hybridized carbons (Fsp3) is 0.583. The Kier molecular flexibility index (Phi) is 10.1. The summed E-state index contributed by atoms with van der Waals surface area (Å²) < 4.78 is 5.37. The minimum atomic E-state index is -0.680. The van der Waals surface area contributed by atoms with Crippen molar-refractivity contribution in [3.05, 3.63) is 39.8 Å². The lowest BCUT2D eigenvalue weighted by atomic mass is 10.0. The Bertz CT molecular complexity index is 991. The van der Waals surface area contributed by atoms with Gasteiger partial charge in [0.1, 0.15) is 6.04 Å². The Morgan fingerprint density at radius 3 is 2.69 bits per heavy atom. The van der Waals surface area contributed by atoms with Gasteiger partial charge in [-0.2, -0.15) is 0 Å². The number of unbranched alkanes of at least 4 members (excludes halogenated alkanes) is 5. The molecule has 0 aliphatic carbocycles. The zero-order valence-corrected chi connectivity index (χ0v) is 19.8. The first-order valence-corrected chi connectivity index (χ1v) is 12.2. The third kappa shape index (κ3) is 7.53. The zero-order chi connectivity index (χ0) is 25.0. The largest absolute Gasteiger partial charge is 0.381 e. The fourth-order valence-electron chi connectivity index (χ4n) is 4.36. The van der Waals surface area contributed by atoms with Crippen LogP contribution in [0.2, 0.25) is 0 Å². The molecule has 2 heterocycles. The van der Waals surface area contributed by atoms with Crippen molar-refractivity contribution in [1.29, 1.82) is 0 Å². The number of benzene rings is 1. The monoisotopic (exact) mass is 484 g/mol. The molecule has 11 heteroatoms. The van der Waals surface area contributed by atoms with Gasteiger partial charge in [0.05, 0.1) is 6.61 Å². The highest BCUT2D eigenvalue weighted by Crippen LogP contribution is 2.32. The first-order valence-electron chi connectivity index (χ1n) is 12.2. The molecule has 1 unspecified atom stereocenters. The number of carbonyl (C=O) groups is 4. The second-order valence-electron chi connectivity index (χ2n) is 8.72. The number of ether oxygens (including phenoxy) is 1. The van der Waals surface area contributed by atoms with Crippen molar-refractivity contribution in [1.82, 2.24) is 10.2 Å². The maximum atomic E-state index is 12.9. The van der Waals surface area contributed by atoms with E-state index in [2.05, 4.69) is 20.7 Å². The van der Waals surface area contributed by atoms with E-state index in [4.69, 9.17) is 10.3 Å². The van der Waals surface area contributed by atoms with E-state index in [1.165, 1.54) is 4.90 Å². The van der Waals surface area contributed by atoms with Crippen molar-refractivity contribution < 1.29 is 23.9 Å². The summed E-state index contributed by atoms with van der Waals surface area (Å²) in [5.41, 5.74) is 9.96. The molecule has 1 aromatic rings. The predicted molar refractivity (Wildman–Crippen MR) is 128 cm³/mol. The highest BCUT2D eigenvalue weighted by Gasteiger charge is 2.39. The number of nitrogens with zero attached hydrogens (tertiary/aromatic N) is 4. The molecule has 0 radical (unpaired) electrons. The number of nitrogens with one attached hydrogen (secondary N) is 2. The summed E-state index contributed by atoms with van der Waals surface area (Å²) in [5, 5.41) is 8.63. The van der Waals surface area contributed by atoms with Crippen LogP contribution < -0.4 is 10.6 Å². The third-order valence-electron chi connectivity index (χ3n) is 6.20. The lowest BCUT2D eigenvalue weighted by Gasteiger charge is -2.29. The molecular formula is C24H32N6O5. The first kappa shape index (κ1) is 26.2. The number of fused-ring (bicyclic) bond motifs is 1. The fourth-order valence-corrected chi connectivity index (χ4v) is 4.36. The first-order chi connectivity index (χ1) is 17.0. The van der Waals surface area contributed by atoms with Crippen molar-refractivity contribution in [3.8, 4) is 0 Å². The van der Waals surface area contributed by atoms with Crippen LogP contribution in [0.15, 0.2) is 23.3 Å². The zero-order valence-electron chi connectivity index (χ0n) is 19.8. The van der Waals surface area contributed by atoms with E-state index >= 15 is 0 Å². The van der Waals surface area contributed by atoms with Gasteiger partial charge in [0.2, 0.25) is 17.7 Å². The molecule has 11 nitrogen and oxygen atoms in total. The summed E-state index contributed by atoms with van der Waals surface area (Å²) in [4.78, 5) is 53.2. The Balaban J connectivity index is 1.36. The molecule has 1 atom stereocenters. The lowest BCUT2D eigenvalue weighted by molar-refractivity contribution is -0.137. The summed E-state index contributed by atoms with van der Waals surface area (Å²) in [6.07, 6.45) is 6.78. The molecule has 188 valence electrons. The molecule has 0 bridgehead atoms. The molecule has 2 aliphatic heterocycles. The number of hydrogen-bond donors (Lipinski definition) is 2. The van der Waals surface area contributed by atoms with Crippen molar-refractivity contribution >= 4 is 29.3 Å². The number of rotatable bonds is 14. The van der Waals surface area contributed by atoms with Crippen molar-refractivity contribution in [2.75, 3.05) is 25.1 Å². The van der Waals surface area contributed by atoms with Crippen LogP contribution in [-0.2, 0) is 25.7 Å². The molecule has 4 amide bonds. The van der Waals surface area contributed by atoms with Crippen LogP contribution >= 0.6 is 0 Å². The molecule has 3 rings (SSSR count). The number of carbonyl (C=O) groups excluding carboxylic acids is 4. The summed E-state index contributed by atoms with van der Waals surface area (Å²) in [6.45, 7) is 1.70. The van der Waals surface area contributed by atoms with Crippen LogP contribution in [0, 0.1) is 0 Å². The van der Waals surface area contributed by atoms with Crippen molar-refractivity contribution in [2.24, 2.45) is 5.11 Å². The minimum Gasteiger partial charge on any atom is -0.381 e. The van der Waals surface area contributed by atoms with Gasteiger partial charge in [-0.3, -0.25) is 24.5 Å². The van der Waals surface area contributed by atoms with E-state index in [0.29, 0.717) is 49.4 Å². The molecule has 1 aromatic carbocycles. The van der Waals surface area contributed by atoms with Crippen LogP contribution in [0.1, 0.15) is 73.7 Å². The molecule has 1 saturated heterocycles. The van der Waals surface area contributed by atoms with Gasteiger partial charge in [-0.05, 0) is 36.9 Å². The smallest absolute Gasteiger partial charge is 0.255 e. The number of piperidine rings is 1. The SMILES string of the molecule is [N-]=[N+]=NCCOCCCCCCCCC(=O)Nc1cccc2c1CN(C1CCC(=O)NC1=O)C2=O.